The molecule has 0 radical (unpaired) electrons. The molecule has 0 saturated heterocycles. The summed E-state index contributed by atoms with van der Waals surface area (Å²) < 4.78 is 1.05. The molecule has 84 valence electrons. The second kappa shape index (κ2) is 3.74. The van der Waals surface area contributed by atoms with Crippen molar-refractivity contribution in [2.24, 2.45) is 5.41 Å². The molecule has 0 aliphatic heterocycles. The van der Waals surface area contributed by atoms with E-state index in [4.69, 9.17) is 0 Å². The fourth-order valence-corrected chi connectivity index (χ4v) is 2.57. The van der Waals surface area contributed by atoms with Crippen LogP contribution in [0.4, 0.5) is 0 Å². The van der Waals surface area contributed by atoms with Crippen molar-refractivity contribution in [1.82, 2.24) is 0 Å². The quantitative estimate of drug-likeness (QED) is 0.900. The molecule has 0 atom stereocenters. The van der Waals surface area contributed by atoms with E-state index in [1.165, 1.54) is 5.56 Å². The van der Waals surface area contributed by atoms with Gasteiger partial charge in [0, 0.05) is 4.47 Å². The number of carboxylic acid groups (broad SMARTS) is 1. The standard InChI is InChI=1S/C13H13BrO2/c1-13(2,12(15)16)10-7-6-9-8(10)4-3-5-11(9)14/h3-5,7H,6H2,1-2H3,(H,15,16). The lowest BCUT2D eigenvalue weighted by atomic mass is 9.81. The highest BCUT2D eigenvalue weighted by Crippen LogP contribution is 2.42. The predicted molar refractivity (Wildman–Crippen MR) is 67.2 cm³/mol. The van der Waals surface area contributed by atoms with Gasteiger partial charge in [0.05, 0.1) is 5.41 Å². The highest BCUT2D eigenvalue weighted by atomic mass is 79.9. The average molecular weight is 281 g/mol. The molecule has 16 heavy (non-hydrogen) atoms. The van der Waals surface area contributed by atoms with Crippen molar-refractivity contribution < 1.29 is 9.90 Å². The average Bonchev–Trinajstić information content (AvgIpc) is 2.63. The zero-order valence-electron chi connectivity index (χ0n) is 9.25. The maximum Gasteiger partial charge on any atom is 0.313 e. The Kier molecular flexibility index (Phi) is 2.66. The number of rotatable bonds is 2. The number of carbonyl (C=O) groups is 1. The van der Waals surface area contributed by atoms with Crippen molar-refractivity contribution in [3.05, 3.63) is 39.9 Å². The Morgan fingerprint density at radius 1 is 1.44 bits per heavy atom. The molecule has 0 saturated carbocycles. The molecule has 0 fully saturated rings. The maximum atomic E-state index is 11.3. The van der Waals surface area contributed by atoms with E-state index in [1.807, 2.05) is 24.3 Å². The van der Waals surface area contributed by atoms with Crippen molar-refractivity contribution in [3.8, 4) is 0 Å². The van der Waals surface area contributed by atoms with Crippen LogP contribution < -0.4 is 0 Å². The summed E-state index contributed by atoms with van der Waals surface area (Å²) in [6.45, 7) is 3.49. The summed E-state index contributed by atoms with van der Waals surface area (Å²) in [7, 11) is 0. The number of hydrogen-bond donors (Lipinski definition) is 1. The van der Waals surface area contributed by atoms with Crippen LogP contribution in [0.1, 0.15) is 25.0 Å². The highest BCUT2D eigenvalue weighted by Gasteiger charge is 2.35. The van der Waals surface area contributed by atoms with Gasteiger partial charge in [-0.25, -0.2) is 0 Å². The minimum atomic E-state index is -0.827. The molecule has 2 rings (SSSR count). The Morgan fingerprint density at radius 2 is 2.12 bits per heavy atom. The van der Waals surface area contributed by atoms with Crippen LogP contribution in [-0.2, 0) is 11.2 Å². The Labute approximate surface area is 103 Å². The third-order valence-electron chi connectivity index (χ3n) is 3.13. The monoisotopic (exact) mass is 280 g/mol. The zero-order valence-corrected chi connectivity index (χ0v) is 10.8. The third kappa shape index (κ3) is 1.59. The van der Waals surface area contributed by atoms with Gasteiger partial charge in [-0.3, -0.25) is 4.79 Å². The van der Waals surface area contributed by atoms with Crippen molar-refractivity contribution in [2.45, 2.75) is 20.3 Å². The Bertz CT molecular complexity index is 487. The lowest BCUT2D eigenvalue weighted by molar-refractivity contribution is -0.143. The number of hydrogen-bond acceptors (Lipinski definition) is 1. The first-order chi connectivity index (χ1) is 7.44. The molecular formula is C13H13BrO2. The van der Waals surface area contributed by atoms with Crippen molar-refractivity contribution >= 4 is 27.5 Å². The van der Waals surface area contributed by atoms with Crippen LogP contribution in [0, 0.1) is 5.41 Å². The van der Waals surface area contributed by atoms with Gasteiger partial charge in [0.15, 0.2) is 0 Å². The molecular weight excluding hydrogens is 268 g/mol. The summed E-state index contributed by atoms with van der Waals surface area (Å²) in [5, 5.41) is 9.24. The van der Waals surface area contributed by atoms with Gasteiger partial charge in [0.25, 0.3) is 0 Å². The summed E-state index contributed by atoms with van der Waals surface area (Å²) in [5.41, 5.74) is 2.33. The van der Waals surface area contributed by atoms with E-state index < -0.39 is 11.4 Å². The van der Waals surface area contributed by atoms with Crippen LogP contribution in [0.15, 0.2) is 28.7 Å². The molecule has 1 N–H and O–H groups in total. The first-order valence-corrected chi connectivity index (χ1v) is 5.95. The molecule has 0 heterocycles. The fraction of sp³-hybridized carbons (Fsp3) is 0.308. The molecule has 0 aromatic heterocycles. The van der Waals surface area contributed by atoms with Gasteiger partial charge in [-0.2, -0.15) is 0 Å². The SMILES string of the molecule is CC(C)(C(=O)O)C1=CCc2c(Br)cccc21. The summed E-state index contributed by atoms with van der Waals surface area (Å²) >= 11 is 3.50. The van der Waals surface area contributed by atoms with Crippen molar-refractivity contribution in [3.63, 3.8) is 0 Å². The normalized spacial score (nSPS) is 14.6. The van der Waals surface area contributed by atoms with Gasteiger partial charge in [0.2, 0.25) is 0 Å². The number of carboxylic acids is 1. The number of aliphatic carboxylic acids is 1. The van der Waals surface area contributed by atoms with Gasteiger partial charge in [-0.05, 0) is 43.0 Å². The number of benzene rings is 1. The molecule has 0 unspecified atom stereocenters. The molecule has 1 aromatic carbocycles. The summed E-state index contributed by atoms with van der Waals surface area (Å²) in [6.07, 6.45) is 2.83. The Morgan fingerprint density at radius 3 is 2.75 bits per heavy atom. The predicted octanol–water partition coefficient (Wildman–Crippen LogP) is 3.50. The third-order valence-corrected chi connectivity index (χ3v) is 3.87. The van der Waals surface area contributed by atoms with Crippen LogP contribution in [0.25, 0.3) is 5.57 Å². The van der Waals surface area contributed by atoms with Gasteiger partial charge in [-0.1, -0.05) is 34.1 Å². The fourth-order valence-electron chi connectivity index (χ4n) is 2.04. The first kappa shape index (κ1) is 11.4. The first-order valence-electron chi connectivity index (χ1n) is 5.16. The van der Waals surface area contributed by atoms with Crippen molar-refractivity contribution in [2.75, 3.05) is 0 Å². The van der Waals surface area contributed by atoms with Crippen LogP contribution in [-0.4, -0.2) is 11.1 Å². The Hall–Kier alpha value is -1.09. The highest BCUT2D eigenvalue weighted by molar-refractivity contribution is 9.10. The van der Waals surface area contributed by atoms with E-state index in [2.05, 4.69) is 15.9 Å². The minimum Gasteiger partial charge on any atom is -0.481 e. The molecule has 1 aliphatic rings. The van der Waals surface area contributed by atoms with E-state index in [9.17, 15) is 9.90 Å². The van der Waals surface area contributed by atoms with E-state index in [0.717, 1.165) is 22.0 Å². The molecule has 0 amide bonds. The number of halogens is 1. The van der Waals surface area contributed by atoms with Gasteiger partial charge >= 0.3 is 5.97 Å². The maximum absolute atomic E-state index is 11.3. The van der Waals surface area contributed by atoms with Crippen LogP contribution >= 0.6 is 15.9 Å². The van der Waals surface area contributed by atoms with E-state index >= 15 is 0 Å². The van der Waals surface area contributed by atoms with Crippen LogP contribution in [0.5, 0.6) is 0 Å². The topological polar surface area (TPSA) is 37.3 Å². The molecule has 1 aliphatic carbocycles. The second-order valence-corrected chi connectivity index (χ2v) is 5.37. The lowest BCUT2D eigenvalue weighted by Crippen LogP contribution is -2.24. The molecule has 0 bridgehead atoms. The van der Waals surface area contributed by atoms with Crippen LogP contribution in [0.3, 0.4) is 0 Å². The van der Waals surface area contributed by atoms with Crippen molar-refractivity contribution in [1.29, 1.82) is 0 Å². The van der Waals surface area contributed by atoms with E-state index in [0.29, 0.717) is 0 Å². The second-order valence-electron chi connectivity index (χ2n) is 4.52. The minimum absolute atomic E-state index is 0.786. The molecule has 2 nitrogen and oxygen atoms in total. The van der Waals surface area contributed by atoms with Gasteiger partial charge < -0.3 is 5.11 Å². The summed E-state index contributed by atoms with van der Waals surface area (Å²) in [5.74, 6) is -0.786. The zero-order chi connectivity index (χ0) is 11.9. The number of fused-ring (bicyclic) bond motifs is 1. The van der Waals surface area contributed by atoms with E-state index in [-0.39, 0.29) is 0 Å². The smallest absolute Gasteiger partial charge is 0.313 e. The van der Waals surface area contributed by atoms with E-state index in [1.54, 1.807) is 13.8 Å². The lowest BCUT2D eigenvalue weighted by Gasteiger charge is -2.22. The van der Waals surface area contributed by atoms with Gasteiger partial charge in [0.1, 0.15) is 0 Å². The summed E-state index contributed by atoms with van der Waals surface area (Å²) in [4.78, 5) is 11.3. The number of allylic oxidation sites excluding steroid dienone is 1. The molecule has 3 heteroatoms. The molecule has 1 aromatic rings. The largest absolute Gasteiger partial charge is 0.481 e. The summed E-state index contributed by atoms with van der Waals surface area (Å²) in [6, 6.07) is 5.92. The van der Waals surface area contributed by atoms with Gasteiger partial charge in [-0.15, -0.1) is 0 Å². The van der Waals surface area contributed by atoms with Crippen LogP contribution in [0.2, 0.25) is 0 Å². The Balaban J connectivity index is 2.52. The molecule has 0 spiro atoms.